The van der Waals surface area contributed by atoms with Crippen LogP contribution in [0.1, 0.15) is 19.4 Å². The second-order valence-corrected chi connectivity index (χ2v) is 7.86. The normalized spacial score (nSPS) is 11.8. The van der Waals surface area contributed by atoms with Gasteiger partial charge in [-0.15, -0.1) is 10.2 Å². The summed E-state index contributed by atoms with van der Waals surface area (Å²) >= 11 is 1.42. The van der Waals surface area contributed by atoms with Crippen LogP contribution in [0.3, 0.4) is 0 Å². The molecule has 0 unspecified atom stereocenters. The summed E-state index contributed by atoms with van der Waals surface area (Å²) in [5.74, 6) is 1.48. The number of nitrogens with zero attached hydrogens (tertiary/aromatic N) is 3. The number of aromatic nitrogens is 3. The van der Waals surface area contributed by atoms with Crippen molar-refractivity contribution < 1.29 is 9.53 Å². The van der Waals surface area contributed by atoms with Gasteiger partial charge in [-0.3, -0.25) is 4.79 Å². The first kappa shape index (κ1) is 20.9. The molecule has 0 fully saturated rings. The highest BCUT2D eigenvalue weighted by Gasteiger charge is 2.21. The van der Waals surface area contributed by atoms with Gasteiger partial charge in [0.2, 0.25) is 5.91 Å². The molecule has 1 N–H and O–H groups in total. The highest BCUT2D eigenvalue weighted by molar-refractivity contribution is 8.00. The number of para-hydroxylation sites is 1. The molecule has 3 rings (SSSR count). The molecule has 0 aliphatic carbocycles. The summed E-state index contributed by atoms with van der Waals surface area (Å²) in [5, 5.41) is 12.2. The zero-order valence-electron chi connectivity index (χ0n) is 17.0. The van der Waals surface area contributed by atoms with Crippen LogP contribution in [0.25, 0.3) is 11.4 Å². The zero-order chi connectivity index (χ0) is 20.6. The lowest BCUT2D eigenvalue weighted by Gasteiger charge is -2.14. The van der Waals surface area contributed by atoms with Crippen molar-refractivity contribution in [1.29, 1.82) is 0 Å². The molecule has 0 bridgehead atoms. The Labute approximate surface area is 175 Å². The fourth-order valence-corrected chi connectivity index (χ4v) is 3.92. The first-order chi connectivity index (χ1) is 14.1. The van der Waals surface area contributed by atoms with Crippen LogP contribution >= 0.6 is 11.8 Å². The van der Waals surface area contributed by atoms with Gasteiger partial charge in [-0.25, -0.2) is 0 Å². The standard InChI is InChI=1S/C22H26N4O2S/c1-4-23-21(27)16(2)29-22-25-24-20(18-12-8-9-13-19(18)28-3)26(22)15-14-17-10-6-5-7-11-17/h5-13,16H,4,14-15H2,1-3H3,(H,23,27)/t16-/m0/s1. The molecular weight excluding hydrogens is 384 g/mol. The predicted octanol–water partition coefficient (Wildman–Crippen LogP) is 3.81. The minimum absolute atomic E-state index is 0.00560. The van der Waals surface area contributed by atoms with E-state index in [1.165, 1.54) is 17.3 Å². The fourth-order valence-electron chi connectivity index (χ4n) is 3.02. The second-order valence-electron chi connectivity index (χ2n) is 6.55. The summed E-state index contributed by atoms with van der Waals surface area (Å²) in [4.78, 5) is 12.2. The summed E-state index contributed by atoms with van der Waals surface area (Å²) < 4.78 is 7.60. The van der Waals surface area contributed by atoms with Crippen LogP contribution in [0, 0.1) is 0 Å². The van der Waals surface area contributed by atoms with Crippen LogP contribution < -0.4 is 10.1 Å². The average Bonchev–Trinajstić information content (AvgIpc) is 3.15. The largest absolute Gasteiger partial charge is 0.496 e. The van der Waals surface area contributed by atoms with Crippen molar-refractivity contribution in [3.05, 3.63) is 60.2 Å². The SMILES string of the molecule is CCNC(=O)[C@H](C)Sc1nnc(-c2ccccc2OC)n1CCc1ccccc1. The van der Waals surface area contributed by atoms with Crippen molar-refractivity contribution in [1.82, 2.24) is 20.1 Å². The van der Waals surface area contributed by atoms with E-state index < -0.39 is 0 Å². The van der Waals surface area contributed by atoms with Gasteiger partial charge in [-0.05, 0) is 38.0 Å². The first-order valence-electron chi connectivity index (χ1n) is 9.69. The van der Waals surface area contributed by atoms with Gasteiger partial charge in [0.1, 0.15) is 5.75 Å². The molecule has 1 aromatic heterocycles. The molecule has 0 spiro atoms. The maximum absolute atomic E-state index is 12.2. The highest BCUT2D eigenvalue weighted by atomic mass is 32.2. The number of thioether (sulfide) groups is 1. The monoisotopic (exact) mass is 410 g/mol. The van der Waals surface area contributed by atoms with Gasteiger partial charge in [0.05, 0.1) is 17.9 Å². The van der Waals surface area contributed by atoms with Gasteiger partial charge in [-0.2, -0.15) is 0 Å². The van der Waals surface area contributed by atoms with Crippen molar-refractivity contribution in [3.8, 4) is 17.1 Å². The fraction of sp³-hybridized carbons (Fsp3) is 0.318. The number of hydrogen-bond donors (Lipinski definition) is 1. The van der Waals surface area contributed by atoms with E-state index in [4.69, 9.17) is 4.74 Å². The molecule has 0 saturated carbocycles. The van der Waals surface area contributed by atoms with Crippen molar-refractivity contribution in [2.45, 2.75) is 37.2 Å². The number of aryl methyl sites for hydroxylation is 1. The van der Waals surface area contributed by atoms with Gasteiger partial charge in [0.15, 0.2) is 11.0 Å². The third kappa shape index (κ3) is 5.17. The Morgan fingerprint density at radius 2 is 1.86 bits per heavy atom. The number of carbonyl (C=O) groups is 1. The van der Waals surface area contributed by atoms with E-state index in [1.807, 2.05) is 56.3 Å². The summed E-state index contributed by atoms with van der Waals surface area (Å²) in [7, 11) is 1.65. The van der Waals surface area contributed by atoms with Crippen LogP contribution in [0.5, 0.6) is 5.75 Å². The molecule has 0 aliphatic rings. The van der Waals surface area contributed by atoms with Gasteiger partial charge >= 0.3 is 0 Å². The second kappa shape index (κ2) is 10.1. The van der Waals surface area contributed by atoms with Gasteiger partial charge in [0, 0.05) is 13.1 Å². The van der Waals surface area contributed by atoms with E-state index >= 15 is 0 Å². The molecule has 2 aromatic carbocycles. The Bertz CT molecular complexity index is 943. The minimum Gasteiger partial charge on any atom is -0.496 e. The molecule has 29 heavy (non-hydrogen) atoms. The van der Waals surface area contributed by atoms with E-state index in [0.29, 0.717) is 13.1 Å². The van der Waals surface area contributed by atoms with Crippen molar-refractivity contribution >= 4 is 17.7 Å². The van der Waals surface area contributed by atoms with Crippen LogP contribution in [-0.4, -0.2) is 39.6 Å². The quantitative estimate of drug-likeness (QED) is 0.543. The van der Waals surface area contributed by atoms with Crippen LogP contribution in [0.2, 0.25) is 0 Å². The third-order valence-corrected chi connectivity index (χ3v) is 5.61. The van der Waals surface area contributed by atoms with E-state index in [1.54, 1.807) is 7.11 Å². The van der Waals surface area contributed by atoms with E-state index in [0.717, 1.165) is 28.7 Å². The third-order valence-electron chi connectivity index (χ3n) is 4.53. The van der Waals surface area contributed by atoms with Gasteiger partial charge in [-0.1, -0.05) is 54.2 Å². The Morgan fingerprint density at radius 1 is 1.14 bits per heavy atom. The van der Waals surface area contributed by atoms with Crippen molar-refractivity contribution in [3.63, 3.8) is 0 Å². The molecule has 1 heterocycles. The molecule has 0 radical (unpaired) electrons. The van der Waals surface area contributed by atoms with Crippen molar-refractivity contribution in [2.24, 2.45) is 0 Å². The van der Waals surface area contributed by atoms with E-state index in [9.17, 15) is 4.79 Å². The topological polar surface area (TPSA) is 69.0 Å². The Hall–Kier alpha value is -2.80. The lowest BCUT2D eigenvalue weighted by molar-refractivity contribution is -0.120. The van der Waals surface area contributed by atoms with Crippen molar-refractivity contribution in [2.75, 3.05) is 13.7 Å². The highest BCUT2D eigenvalue weighted by Crippen LogP contribution is 2.32. The number of nitrogens with one attached hydrogen (secondary N) is 1. The number of carbonyl (C=O) groups excluding carboxylic acids is 1. The van der Waals surface area contributed by atoms with Crippen LogP contribution in [0.15, 0.2) is 59.8 Å². The zero-order valence-corrected chi connectivity index (χ0v) is 17.8. The Balaban J connectivity index is 1.93. The number of rotatable bonds is 9. The smallest absolute Gasteiger partial charge is 0.233 e. The predicted molar refractivity (Wildman–Crippen MR) is 116 cm³/mol. The summed E-state index contributed by atoms with van der Waals surface area (Å²) in [6.07, 6.45) is 0.837. The lowest BCUT2D eigenvalue weighted by atomic mass is 10.1. The maximum atomic E-state index is 12.2. The summed E-state index contributed by atoms with van der Waals surface area (Å²) in [6.45, 7) is 5.11. The van der Waals surface area contributed by atoms with Gasteiger partial charge in [0.25, 0.3) is 0 Å². The maximum Gasteiger partial charge on any atom is 0.233 e. The number of methoxy groups -OCH3 is 1. The van der Waals surface area contributed by atoms with Crippen LogP contribution in [0.4, 0.5) is 0 Å². The number of hydrogen-bond acceptors (Lipinski definition) is 5. The average molecular weight is 411 g/mol. The molecule has 1 atom stereocenters. The summed E-state index contributed by atoms with van der Waals surface area (Å²) in [5.41, 5.74) is 2.12. The number of benzene rings is 2. The molecule has 6 nitrogen and oxygen atoms in total. The van der Waals surface area contributed by atoms with Crippen LogP contribution in [-0.2, 0) is 17.8 Å². The first-order valence-corrected chi connectivity index (χ1v) is 10.6. The minimum atomic E-state index is -0.264. The molecule has 0 saturated heterocycles. The number of ether oxygens (including phenoxy) is 1. The Morgan fingerprint density at radius 3 is 2.59 bits per heavy atom. The molecule has 7 heteroatoms. The molecule has 152 valence electrons. The molecule has 3 aromatic rings. The number of amides is 1. The molecule has 1 amide bonds. The van der Waals surface area contributed by atoms with E-state index in [-0.39, 0.29) is 11.2 Å². The Kier molecular flexibility index (Phi) is 7.30. The molecular formula is C22H26N4O2S. The van der Waals surface area contributed by atoms with Gasteiger partial charge < -0.3 is 14.6 Å². The lowest BCUT2D eigenvalue weighted by Crippen LogP contribution is -2.30. The summed E-state index contributed by atoms with van der Waals surface area (Å²) in [6, 6.07) is 18.1. The van der Waals surface area contributed by atoms with E-state index in [2.05, 4.69) is 32.2 Å². The molecule has 0 aliphatic heterocycles.